The average Bonchev–Trinajstić information content (AvgIpc) is 3.05. The van der Waals surface area contributed by atoms with Crippen molar-refractivity contribution in [2.75, 3.05) is 31.3 Å². The molecule has 0 unspecified atom stereocenters. The van der Waals surface area contributed by atoms with Crippen LogP contribution in [0.5, 0.6) is 11.5 Å². The first-order valence-electron chi connectivity index (χ1n) is 15.7. The number of halogens is 1. The van der Waals surface area contributed by atoms with Crippen molar-refractivity contribution >= 4 is 39.1 Å². The van der Waals surface area contributed by atoms with Crippen molar-refractivity contribution in [1.82, 2.24) is 10.2 Å². The van der Waals surface area contributed by atoms with E-state index in [-0.39, 0.29) is 48.8 Å². The van der Waals surface area contributed by atoms with Gasteiger partial charge in [-0.15, -0.1) is 0 Å². The quantitative estimate of drug-likeness (QED) is 0.213. The monoisotopic (exact) mass is 669 g/mol. The van der Waals surface area contributed by atoms with Gasteiger partial charge in [-0.1, -0.05) is 73.3 Å². The Bertz CT molecular complexity index is 1560. The van der Waals surface area contributed by atoms with Crippen molar-refractivity contribution in [3.05, 3.63) is 88.9 Å². The summed E-state index contributed by atoms with van der Waals surface area (Å²) < 4.78 is 37.4. The topological polar surface area (TPSA) is 105 Å². The van der Waals surface area contributed by atoms with Gasteiger partial charge in [0.05, 0.1) is 31.2 Å². The molecule has 2 amide bonds. The first-order chi connectivity index (χ1) is 22.1. The fourth-order valence-electron chi connectivity index (χ4n) is 5.88. The number of nitrogens with zero attached hydrogens (tertiary/aromatic N) is 2. The summed E-state index contributed by atoms with van der Waals surface area (Å²) in [4.78, 5) is 29.8. The van der Waals surface area contributed by atoms with E-state index >= 15 is 0 Å². The second-order valence-corrected chi connectivity index (χ2v) is 14.0. The normalized spacial score (nSPS) is 14.3. The number of hydrogen-bond donors (Lipinski definition) is 1. The summed E-state index contributed by atoms with van der Waals surface area (Å²) in [5, 5.41) is 3.52. The molecule has 1 aliphatic carbocycles. The molecule has 1 aliphatic rings. The van der Waals surface area contributed by atoms with Gasteiger partial charge in [0.2, 0.25) is 21.8 Å². The standard InChI is InChI=1S/C35H44ClN3O6S/c1-44-30-17-10-14-27(22-30)25-38(32(23-26-12-6-4-7-13-26)35(41)37-28-15-8-5-9-16-28)34(40)18-11-21-39(46(3,42)43)29-19-20-33(45-2)31(36)24-29/h4,6-7,10,12-14,17,19-20,22,24,28,32H,5,8-9,11,15-16,18,21,23,25H2,1-3H3,(H,37,41)/t32-/m0/s1. The van der Waals surface area contributed by atoms with E-state index in [1.54, 1.807) is 24.1 Å². The third kappa shape index (κ3) is 9.87. The second-order valence-electron chi connectivity index (χ2n) is 11.7. The molecule has 1 fully saturated rings. The second kappa shape index (κ2) is 16.7. The number of carbonyl (C=O) groups is 2. The minimum Gasteiger partial charge on any atom is -0.497 e. The maximum absolute atomic E-state index is 14.1. The molecule has 0 aromatic heterocycles. The zero-order valence-electron chi connectivity index (χ0n) is 26.8. The van der Waals surface area contributed by atoms with Crippen molar-refractivity contribution in [3.63, 3.8) is 0 Å². The summed E-state index contributed by atoms with van der Waals surface area (Å²) in [5.41, 5.74) is 2.14. The smallest absolute Gasteiger partial charge is 0.243 e. The number of nitrogens with one attached hydrogen (secondary N) is 1. The third-order valence-corrected chi connectivity index (χ3v) is 9.77. The molecule has 1 atom stereocenters. The summed E-state index contributed by atoms with van der Waals surface area (Å²) in [5.74, 6) is 0.651. The molecule has 0 radical (unpaired) electrons. The molecule has 1 saturated carbocycles. The lowest BCUT2D eigenvalue weighted by Gasteiger charge is -2.34. The van der Waals surface area contributed by atoms with E-state index < -0.39 is 16.1 Å². The fraction of sp³-hybridized carbons (Fsp3) is 0.429. The summed E-state index contributed by atoms with van der Waals surface area (Å²) >= 11 is 6.30. The Morgan fingerprint density at radius 2 is 1.65 bits per heavy atom. The van der Waals surface area contributed by atoms with E-state index in [0.717, 1.165) is 49.5 Å². The van der Waals surface area contributed by atoms with Gasteiger partial charge in [-0.2, -0.15) is 0 Å². The van der Waals surface area contributed by atoms with Crippen LogP contribution in [-0.4, -0.2) is 64.2 Å². The Kier molecular flexibility index (Phi) is 12.7. The molecule has 248 valence electrons. The highest BCUT2D eigenvalue weighted by molar-refractivity contribution is 7.92. The summed E-state index contributed by atoms with van der Waals surface area (Å²) in [7, 11) is -0.615. The number of benzene rings is 3. The number of anilines is 1. The van der Waals surface area contributed by atoms with Crippen LogP contribution in [0.1, 0.15) is 56.1 Å². The van der Waals surface area contributed by atoms with Gasteiger partial charge in [0.15, 0.2) is 0 Å². The molecule has 0 heterocycles. The molecule has 0 saturated heterocycles. The van der Waals surface area contributed by atoms with Crippen molar-refractivity contribution in [2.24, 2.45) is 0 Å². The van der Waals surface area contributed by atoms with E-state index in [4.69, 9.17) is 21.1 Å². The summed E-state index contributed by atoms with van der Waals surface area (Å²) in [6.07, 6.45) is 6.85. The Balaban J connectivity index is 1.60. The van der Waals surface area contributed by atoms with Crippen LogP contribution in [0.2, 0.25) is 5.02 Å². The van der Waals surface area contributed by atoms with Crippen molar-refractivity contribution in [1.29, 1.82) is 0 Å². The van der Waals surface area contributed by atoms with E-state index in [0.29, 0.717) is 23.6 Å². The molecule has 46 heavy (non-hydrogen) atoms. The van der Waals surface area contributed by atoms with Crippen LogP contribution < -0.4 is 19.1 Å². The first-order valence-corrected chi connectivity index (χ1v) is 17.9. The Hall–Kier alpha value is -3.76. The van der Waals surface area contributed by atoms with E-state index in [9.17, 15) is 18.0 Å². The molecule has 3 aromatic rings. The van der Waals surface area contributed by atoms with Crippen LogP contribution in [0.25, 0.3) is 0 Å². The van der Waals surface area contributed by atoms with Crippen LogP contribution in [0.4, 0.5) is 5.69 Å². The molecule has 4 rings (SSSR count). The molecule has 0 aliphatic heterocycles. The van der Waals surface area contributed by atoms with Crippen LogP contribution in [-0.2, 0) is 32.6 Å². The van der Waals surface area contributed by atoms with Crippen molar-refractivity contribution < 1.29 is 27.5 Å². The maximum Gasteiger partial charge on any atom is 0.243 e. The average molecular weight is 670 g/mol. The van der Waals surface area contributed by atoms with Gasteiger partial charge in [0, 0.05) is 32.0 Å². The third-order valence-electron chi connectivity index (χ3n) is 8.29. The molecule has 1 N–H and O–H groups in total. The maximum atomic E-state index is 14.1. The number of ether oxygens (including phenoxy) is 2. The summed E-state index contributed by atoms with van der Waals surface area (Å²) in [6.45, 7) is 0.243. The minimum absolute atomic E-state index is 0.0296. The zero-order valence-corrected chi connectivity index (χ0v) is 28.4. The van der Waals surface area contributed by atoms with Gasteiger partial charge in [-0.3, -0.25) is 13.9 Å². The Labute approximate surface area is 277 Å². The highest BCUT2D eigenvalue weighted by atomic mass is 35.5. The van der Waals surface area contributed by atoms with E-state index in [1.165, 1.54) is 17.5 Å². The SMILES string of the molecule is COc1cccc(CN(C(=O)CCCN(c2ccc(OC)c(Cl)c2)S(C)(=O)=O)[C@@H](Cc2ccccc2)C(=O)NC2CCCCC2)c1. The molecule has 9 nitrogen and oxygen atoms in total. The molecule has 11 heteroatoms. The number of amides is 2. The van der Waals surface area contributed by atoms with Crippen LogP contribution in [0.15, 0.2) is 72.8 Å². The van der Waals surface area contributed by atoms with Crippen LogP contribution >= 0.6 is 11.6 Å². The number of hydrogen-bond acceptors (Lipinski definition) is 6. The largest absolute Gasteiger partial charge is 0.497 e. The lowest BCUT2D eigenvalue weighted by atomic mass is 9.94. The van der Waals surface area contributed by atoms with Gasteiger partial charge in [0.1, 0.15) is 17.5 Å². The van der Waals surface area contributed by atoms with Crippen LogP contribution in [0, 0.1) is 0 Å². The predicted octanol–water partition coefficient (Wildman–Crippen LogP) is 5.99. The molecule has 0 spiro atoms. The first kappa shape index (κ1) is 35.1. The number of sulfonamides is 1. The molecular formula is C35H44ClN3O6S. The van der Waals surface area contributed by atoms with Gasteiger partial charge in [0.25, 0.3) is 0 Å². The zero-order chi connectivity index (χ0) is 33.1. The molecule has 3 aromatic carbocycles. The lowest BCUT2D eigenvalue weighted by Crippen LogP contribution is -2.52. The minimum atomic E-state index is -3.68. The van der Waals surface area contributed by atoms with Gasteiger partial charge < -0.3 is 19.7 Å². The van der Waals surface area contributed by atoms with Crippen molar-refractivity contribution in [2.45, 2.75) is 70.0 Å². The number of methoxy groups -OCH3 is 2. The Morgan fingerprint density at radius 1 is 0.935 bits per heavy atom. The highest BCUT2D eigenvalue weighted by Gasteiger charge is 2.32. The fourth-order valence-corrected chi connectivity index (χ4v) is 7.09. The summed E-state index contributed by atoms with van der Waals surface area (Å²) in [6, 6.07) is 21.2. The Morgan fingerprint density at radius 3 is 2.30 bits per heavy atom. The van der Waals surface area contributed by atoms with E-state index in [2.05, 4.69) is 5.32 Å². The lowest BCUT2D eigenvalue weighted by molar-refractivity contribution is -0.141. The van der Waals surface area contributed by atoms with Gasteiger partial charge in [-0.25, -0.2) is 8.42 Å². The van der Waals surface area contributed by atoms with Crippen molar-refractivity contribution in [3.8, 4) is 11.5 Å². The van der Waals surface area contributed by atoms with E-state index in [1.807, 2.05) is 54.6 Å². The van der Waals surface area contributed by atoms with Crippen LogP contribution in [0.3, 0.4) is 0 Å². The number of rotatable bonds is 15. The molecular weight excluding hydrogens is 626 g/mol. The molecule has 0 bridgehead atoms. The predicted molar refractivity (Wildman–Crippen MR) is 182 cm³/mol. The highest BCUT2D eigenvalue weighted by Crippen LogP contribution is 2.30. The number of carbonyl (C=O) groups excluding carboxylic acids is 2. The van der Waals surface area contributed by atoms with Gasteiger partial charge >= 0.3 is 0 Å². The van der Waals surface area contributed by atoms with Gasteiger partial charge in [-0.05, 0) is 60.7 Å².